The van der Waals surface area contributed by atoms with E-state index in [1.165, 1.54) is 38.5 Å². The van der Waals surface area contributed by atoms with E-state index < -0.39 is 0 Å². The van der Waals surface area contributed by atoms with Gasteiger partial charge in [-0.3, -0.25) is 0 Å². The van der Waals surface area contributed by atoms with Gasteiger partial charge in [0.25, 0.3) is 0 Å². The van der Waals surface area contributed by atoms with Crippen LogP contribution in [-0.2, 0) is 0 Å². The molecule has 0 amide bonds. The Morgan fingerprint density at radius 2 is 1.57 bits per heavy atom. The zero-order valence-electron chi connectivity index (χ0n) is 10.6. The zero-order chi connectivity index (χ0) is 10.6. The Balaban J connectivity index is 2.28. The minimum absolute atomic E-state index is 0.893. The molecule has 0 radical (unpaired) electrons. The van der Waals surface area contributed by atoms with Gasteiger partial charge < -0.3 is 0 Å². The third kappa shape index (κ3) is 4.02. The van der Waals surface area contributed by atoms with Crippen LogP contribution in [0.1, 0.15) is 66.2 Å². The van der Waals surface area contributed by atoms with E-state index in [-0.39, 0.29) is 0 Å². The van der Waals surface area contributed by atoms with Crippen molar-refractivity contribution in [3.05, 3.63) is 0 Å². The maximum Gasteiger partial charge on any atom is -0.0383 e. The summed E-state index contributed by atoms with van der Waals surface area (Å²) in [5, 5.41) is 0. The number of hydrogen-bond donors (Lipinski definition) is 0. The third-order valence-corrected chi connectivity index (χ3v) is 3.71. The summed E-state index contributed by atoms with van der Waals surface area (Å²) in [6, 6.07) is 0. The van der Waals surface area contributed by atoms with E-state index in [0.717, 1.165) is 23.7 Å². The first-order valence-corrected chi connectivity index (χ1v) is 6.59. The maximum atomic E-state index is 2.38. The van der Waals surface area contributed by atoms with Crippen LogP contribution in [0.15, 0.2) is 0 Å². The lowest BCUT2D eigenvalue weighted by Gasteiger charge is -2.35. The molecule has 14 heavy (non-hydrogen) atoms. The van der Waals surface area contributed by atoms with Gasteiger partial charge in [0, 0.05) is 0 Å². The van der Waals surface area contributed by atoms with Crippen molar-refractivity contribution in [2.45, 2.75) is 66.2 Å². The topological polar surface area (TPSA) is 0 Å². The molecular formula is C14H28. The summed E-state index contributed by atoms with van der Waals surface area (Å²) in [4.78, 5) is 0. The van der Waals surface area contributed by atoms with Crippen LogP contribution in [-0.4, -0.2) is 0 Å². The van der Waals surface area contributed by atoms with Crippen LogP contribution in [0.3, 0.4) is 0 Å². The average Bonchev–Trinajstić information content (AvgIpc) is 1.95. The molecule has 0 saturated heterocycles. The molecule has 1 fully saturated rings. The fourth-order valence-corrected chi connectivity index (χ4v) is 2.61. The molecule has 0 bridgehead atoms. The van der Waals surface area contributed by atoms with Crippen LogP contribution in [0.5, 0.6) is 0 Å². The first-order chi connectivity index (χ1) is 6.59. The fourth-order valence-electron chi connectivity index (χ4n) is 2.61. The van der Waals surface area contributed by atoms with E-state index >= 15 is 0 Å². The fraction of sp³-hybridized carbons (Fsp3) is 1.00. The van der Waals surface area contributed by atoms with Gasteiger partial charge in [-0.1, -0.05) is 53.4 Å². The summed E-state index contributed by atoms with van der Waals surface area (Å²) in [5.74, 6) is 3.93. The van der Waals surface area contributed by atoms with Crippen molar-refractivity contribution in [3.63, 3.8) is 0 Å². The Morgan fingerprint density at radius 1 is 0.929 bits per heavy atom. The largest absolute Gasteiger partial charge is 0.0628 e. The van der Waals surface area contributed by atoms with Crippen molar-refractivity contribution >= 4 is 0 Å². The monoisotopic (exact) mass is 196 g/mol. The van der Waals surface area contributed by atoms with Gasteiger partial charge in [-0.2, -0.15) is 0 Å². The molecule has 0 nitrogen and oxygen atoms in total. The maximum absolute atomic E-state index is 2.38. The molecule has 0 heterocycles. The first kappa shape index (κ1) is 12.1. The Labute approximate surface area is 90.5 Å². The Bertz CT molecular complexity index is 142. The van der Waals surface area contributed by atoms with Crippen LogP contribution in [0.25, 0.3) is 0 Å². The van der Waals surface area contributed by atoms with Crippen molar-refractivity contribution in [2.75, 3.05) is 0 Å². The summed E-state index contributed by atoms with van der Waals surface area (Å²) in [7, 11) is 0. The van der Waals surface area contributed by atoms with E-state index in [4.69, 9.17) is 0 Å². The van der Waals surface area contributed by atoms with Crippen LogP contribution < -0.4 is 0 Å². The summed E-state index contributed by atoms with van der Waals surface area (Å²) in [6.07, 6.45) is 8.94. The third-order valence-electron chi connectivity index (χ3n) is 3.71. The van der Waals surface area contributed by atoms with Crippen LogP contribution in [0.2, 0.25) is 0 Å². The molecule has 0 unspecified atom stereocenters. The van der Waals surface area contributed by atoms with Crippen molar-refractivity contribution in [3.8, 4) is 0 Å². The molecule has 84 valence electrons. The van der Waals surface area contributed by atoms with Gasteiger partial charge in [0.2, 0.25) is 0 Å². The van der Waals surface area contributed by atoms with E-state index in [0.29, 0.717) is 0 Å². The Kier molecular flexibility index (Phi) is 4.98. The highest BCUT2D eigenvalue weighted by Gasteiger charge is 2.27. The second kappa shape index (κ2) is 5.78. The van der Waals surface area contributed by atoms with Gasteiger partial charge in [0.15, 0.2) is 0 Å². The van der Waals surface area contributed by atoms with Crippen molar-refractivity contribution in [2.24, 2.45) is 23.7 Å². The van der Waals surface area contributed by atoms with Crippen molar-refractivity contribution < 1.29 is 0 Å². The van der Waals surface area contributed by atoms with Gasteiger partial charge >= 0.3 is 0 Å². The molecule has 1 rings (SSSR count). The number of rotatable bonds is 6. The van der Waals surface area contributed by atoms with E-state index in [2.05, 4.69) is 27.7 Å². The number of hydrogen-bond acceptors (Lipinski definition) is 0. The summed E-state index contributed by atoms with van der Waals surface area (Å²) < 4.78 is 0. The highest BCUT2D eigenvalue weighted by atomic mass is 14.3. The molecule has 1 saturated carbocycles. The molecule has 0 N–H and O–H groups in total. The van der Waals surface area contributed by atoms with Crippen LogP contribution in [0, 0.1) is 23.7 Å². The second-order valence-corrected chi connectivity index (χ2v) is 6.05. The summed E-state index contributed by atoms with van der Waals surface area (Å²) in [5.41, 5.74) is 0. The predicted molar refractivity (Wildman–Crippen MR) is 64.4 cm³/mol. The molecule has 0 aromatic carbocycles. The van der Waals surface area contributed by atoms with Crippen LogP contribution >= 0.6 is 0 Å². The molecule has 0 heteroatoms. The van der Waals surface area contributed by atoms with Gasteiger partial charge in [0.1, 0.15) is 0 Å². The molecule has 0 aromatic heterocycles. The average molecular weight is 196 g/mol. The molecule has 1 atom stereocenters. The van der Waals surface area contributed by atoms with Gasteiger partial charge in [0.05, 0.1) is 0 Å². The SMILES string of the molecule is CC(C)CC[C@H](CC(C)C)C1CCC1. The van der Waals surface area contributed by atoms with Crippen molar-refractivity contribution in [1.82, 2.24) is 0 Å². The lowest BCUT2D eigenvalue weighted by molar-refractivity contribution is 0.164. The molecule has 1 aliphatic rings. The second-order valence-electron chi connectivity index (χ2n) is 6.05. The molecule has 0 spiro atoms. The quantitative estimate of drug-likeness (QED) is 0.567. The van der Waals surface area contributed by atoms with Gasteiger partial charge in [-0.25, -0.2) is 0 Å². The lowest BCUT2D eigenvalue weighted by Crippen LogP contribution is -2.23. The molecule has 0 aliphatic heterocycles. The standard InChI is InChI=1S/C14H28/c1-11(2)8-9-14(10-12(3)4)13-6-5-7-13/h11-14H,5-10H2,1-4H3/t14-/m1/s1. The summed E-state index contributed by atoms with van der Waals surface area (Å²) in [6.45, 7) is 9.46. The van der Waals surface area contributed by atoms with Gasteiger partial charge in [-0.15, -0.1) is 0 Å². The minimum Gasteiger partial charge on any atom is -0.0628 e. The highest BCUT2D eigenvalue weighted by molar-refractivity contribution is 4.78. The van der Waals surface area contributed by atoms with E-state index in [9.17, 15) is 0 Å². The first-order valence-electron chi connectivity index (χ1n) is 6.59. The smallest absolute Gasteiger partial charge is 0.0383 e. The Morgan fingerprint density at radius 3 is 1.93 bits per heavy atom. The zero-order valence-corrected chi connectivity index (χ0v) is 10.6. The molecule has 1 aliphatic carbocycles. The normalized spacial score (nSPS) is 20.1. The minimum atomic E-state index is 0.893. The van der Waals surface area contributed by atoms with Gasteiger partial charge in [-0.05, 0) is 36.5 Å². The van der Waals surface area contributed by atoms with Crippen LogP contribution in [0.4, 0.5) is 0 Å². The summed E-state index contributed by atoms with van der Waals surface area (Å²) >= 11 is 0. The Hall–Kier alpha value is 0. The lowest BCUT2D eigenvalue weighted by atomic mass is 9.71. The molecular weight excluding hydrogens is 168 g/mol. The predicted octanol–water partition coefficient (Wildman–Crippen LogP) is 4.89. The highest BCUT2D eigenvalue weighted by Crippen LogP contribution is 2.39. The van der Waals surface area contributed by atoms with Crippen molar-refractivity contribution in [1.29, 1.82) is 0 Å². The molecule has 0 aromatic rings. The van der Waals surface area contributed by atoms with E-state index in [1.807, 2.05) is 0 Å². The van der Waals surface area contributed by atoms with E-state index in [1.54, 1.807) is 0 Å².